The van der Waals surface area contributed by atoms with Gasteiger partial charge in [0.25, 0.3) is 0 Å². The third-order valence-electron chi connectivity index (χ3n) is 4.35. The number of carbonyl (C=O) groups is 1. The number of nitrogens with zero attached hydrogens (tertiary/aromatic N) is 1. The Morgan fingerprint density at radius 3 is 2.11 bits per heavy atom. The van der Waals surface area contributed by atoms with Gasteiger partial charge < -0.3 is 9.64 Å². The number of hydrogen-bond donors (Lipinski definition) is 0. The van der Waals surface area contributed by atoms with Crippen molar-refractivity contribution in [3.05, 3.63) is 0 Å². The predicted molar refractivity (Wildman–Crippen MR) is 76.6 cm³/mol. The van der Waals surface area contributed by atoms with E-state index in [0.29, 0.717) is 6.61 Å². The molecule has 0 saturated carbocycles. The third kappa shape index (κ3) is 4.27. The van der Waals surface area contributed by atoms with Gasteiger partial charge in [-0.2, -0.15) is 0 Å². The summed E-state index contributed by atoms with van der Waals surface area (Å²) in [7, 11) is 3.96. The molecule has 108 valence electrons. The Balaban J connectivity index is 4.73. The Bertz CT molecular complexity index is 261. The van der Waals surface area contributed by atoms with Gasteiger partial charge in [-0.25, -0.2) is 0 Å². The largest absolute Gasteiger partial charge is 0.464 e. The quantitative estimate of drug-likeness (QED) is 0.625. The van der Waals surface area contributed by atoms with Gasteiger partial charge >= 0.3 is 5.97 Å². The highest BCUT2D eigenvalue weighted by Gasteiger charge is 2.46. The highest BCUT2D eigenvalue weighted by atomic mass is 16.5. The topological polar surface area (TPSA) is 29.5 Å². The molecule has 0 rings (SSSR count). The van der Waals surface area contributed by atoms with Crippen molar-refractivity contribution < 1.29 is 9.53 Å². The first kappa shape index (κ1) is 17.4. The van der Waals surface area contributed by atoms with E-state index < -0.39 is 0 Å². The third-order valence-corrected chi connectivity index (χ3v) is 4.35. The summed E-state index contributed by atoms with van der Waals surface area (Å²) in [6, 6.07) is 0. The molecule has 0 aromatic carbocycles. The zero-order valence-corrected chi connectivity index (χ0v) is 13.3. The summed E-state index contributed by atoms with van der Waals surface area (Å²) in [5, 5.41) is 0. The van der Waals surface area contributed by atoms with E-state index in [-0.39, 0.29) is 16.8 Å². The van der Waals surface area contributed by atoms with Crippen LogP contribution < -0.4 is 0 Å². The molecule has 0 bridgehead atoms. The lowest BCUT2D eigenvalue weighted by molar-refractivity contribution is -0.164. The molecule has 0 aromatic rings. The molecule has 0 amide bonds. The van der Waals surface area contributed by atoms with Crippen molar-refractivity contribution in [1.82, 2.24) is 4.90 Å². The summed E-state index contributed by atoms with van der Waals surface area (Å²) in [5.74, 6) is -0.0435. The van der Waals surface area contributed by atoms with Gasteiger partial charge in [0.15, 0.2) is 0 Å². The average Bonchev–Trinajstić information content (AvgIpc) is 2.28. The molecule has 18 heavy (non-hydrogen) atoms. The fraction of sp³-hybridized carbons (Fsp3) is 0.933. The van der Waals surface area contributed by atoms with Crippen molar-refractivity contribution in [1.29, 1.82) is 0 Å². The van der Waals surface area contributed by atoms with Crippen LogP contribution in [0.4, 0.5) is 0 Å². The summed E-state index contributed by atoms with van der Waals surface area (Å²) in [4.78, 5) is 14.4. The van der Waals surface area contributed by atoms with Crippen LogP contribution in [0.15, 0.2) is 0 Å². The van der Waals surface area contributed by atoms with Crippen LogP contribution >= 0.6 is 0 Å². The van der Waals surface area contributed by atoms with E-state index in [2.05, 4.69) is 34.6 Å². The summed E-state index contributed by atoms with van der Waals surface area (Å²) in [5.41, 5.74) is -0.416. The van der Waals surface area contributed by atoms with Gasteiger partial charge in [-0.15, -0.1) is 0 Å². The fourth-order valence-electron chi connectivity index (χ4n) is 2.09. The molecule has 0 N–H and O–H groups in total. The first-order valence-corrected chi connectivity index (χ1v) is 7.03. The van der Waals surface area contributed by atoms with Gasteiger partial charge in [-0.3, -0.25) is 4.79 Å². The number of hydrogen-bond acceptors (Lipinski definition) is 3. The van der Waals surface area contributed by atoms with Crippen molar-refractivity contribution in [3.8, 4) is 0 Å². The summed E-state index contributed by atoms with van der Waals surface area (Å²) in [6.07, 6.45) is 2.86. The van der Waals surface area contributed by atoms with Gasteiger partial charge in [-0.1, -0.05) is 34.1 Å². The maximum absolute atomic E-state index is 12.4. The highest BCUT2D eigenvalue weighted by Crippen LogP contribution is 2.45. The number of likely N-dealkylation sites (N-methyl/N-ethyl adjacent to an activating group) is 1. The lowest BCUT2D eigenvalue weighted by atomic mass is 9.63. The lowest BCUT2D eigenvalue weighted by Crippen LogP contribution is -2.43. The second-order valence-electron chi connectivity index (χ2n) is 6.26. The van der Waals surface area contributed by atoms with Crippen LogP contribution in [0, 0.1) is 10.8 Å². The number of rotatable bonds is 8. The Kier molecular flexibility index (Phi) is 6.90. The molecule has 0 aromatic heterocycles. The van der Waals surface area contributed by atoms with Crippen LogP contribution in [0.1, 0.15) is 53.9 Å². The molecule has 3 heteroatoms. The monoisotopic (exact) mass is 257 g/mol. The summed E-state index contributed by atoms with van der Waals surface area (Å²) >= 11 is 0. The van der Waals surface area contributed by atoms with Crippen molar-refractivity contribution in [2.24, 2.45) is 10.8 Å². The Morgan fingerprint density at radius 1 is 1.17 bits per heavy atom. The van der Waals surface area contributed by atoms with Crippen molar-refractivity contribution in [3.63, 3.8) is 0 Å². The number of carbonyl (C=O) groups excluding carboxylic acids is 1. The van der Waals surface area contributed by atoms with Crippen molar-refractivity contribution in [2.75, 3.05) is 27.2 Å². The maximum Gasteiger partial charge on any atom is 0.312 e. The molecule has 0 saturated heterocycles. The molecule has 0 aliphatic rings. The minimum absolute atomic E-state index is 0.0296. The van der Waals surface area contributed by atoms with E-state index in [1.54, 1.807) is 0 Å². The summed E-state index contributed by atoms with van der Waals surface area (Å²) in [6.45, 7) is 11.9. The SMILES string of the molecule is CCCC(C)(C(=O)OCCN(C)C)C(C)(C)CC. The Labute approximate surface area is 113 Å². The van der Waals surface area contributed by atoms with Gasteiger partial charge in [0.1, 0.15) is 6.61 Å². The first-order valence-electron chi connectivity index (χ1n) is 7.03. The average molecular weight is 257 g/mol. The standard InChI is InChI=1S/C15H31NO2/c1-8-10-15(5,14(3,4)9-2)13(17)18-12-11-16(6)7/h8-12H2,1-7H3. The smallest absolute Gasteiger partial charge is 0.312 e. The summed E-state index contributed by atoms with van der Waals surface area (Å²) < 4.78 is 5.48. The molecule has 1 unspecified atom stereocenters. The molecule has 0 spiro atoms. The lowest BCUT2D eigenvalue weighted by Gasteiger charge is -2.41. The van der Waals surface area contributed by atoms with Crippen LogP contribution in [-0.4, -0.2) is 38.1 Å². The predicted octanol–water partition coefficient (Wildman–Crippen LogP) is 3.33. The van der Waals surface area contributed by atoms with Gasteiger partial charge in [0.2, 0.25) is 0 Å². The van der Waals surface area contributed by atoms with E-state index in [4.69, 9.17) is 4.74 Å². The van der Waals surface area contributed by atoms with E-state index in [0.717, 1.165) is 25.8 Å². The molecule has 0 radical (unpaired) electrons. The van der Waals surface area contributed by atoms with Gasteiger partial charge in [0, 0.05) is 6.54 Å². The van der Waals surface area contributed by atoms with Crippen molar-refractivity contribution >= 4 is 5.97 Å². The minimum atomic E-state index is -0.386. The Hall–Kier alpha value is -0.570. The number of esters is 1. The molecular formula is C15H31NO2. The molecule has 0 aliphatic carbocycles. The first-order chi connectivity index (χ1) is 8.21. The van der Waals surface area contributed by atoms with Crippen molar-refractivity contribution in [2.45, 2.75) is 53.9 Å². The molecule has 1 atom stereocenters. The molecule has 3 nitrogen and oxygen atoms in total. The molecule has 0 aliphatic heterocycles. The minimum Gasteiger partial charge on any atom is -0.464 e. The fourth-order valence-corrected chi connectivity index (χ4v) is 2.09. The molecular weight excluding hydrogens is 226 g/mol. The van der Waals surface area contributed by atoms with Crippen LogP contribution in [0.3, 0.4) is 0 Å². The molecule has 0 fully saturated rings. The van der Waals surface area contributed by atoms with Gasteiger partial charge in [0.05, 0.1) is 5.41 Å². The zero-order valence-electron chi connectivity index (χ0n) is 13.3. The van der Waals surface area contributed by atoms with E-state index >= 15 is 0 Å². The van der Waals surface area contributed by atoms with E-state index in [1.165, 1.54) is 0 Å². The number of ether oxygens (including phenoxy) is 1. The zero-order chi connectivity index (χ0) is 14.4. The second-order valence-corrected chi connectivity index (χ2v) is 6.26. The van der Waals surface area contributed by atoms with E-state index in [9.17, 15) is 4.79 Å². The van der Waals surface area contributed by atoms with Gasteiger partial charge in [-0.05, 0) is 39.3 Å². The second kappa shape index (κ2) is 7.13. The Morgan fingerprint density at radius 2 is 1.72 bits per heavy atom. The van der Waals surface area contributed by atoms with Crippen LogP contribution in [0.5, 0.6) is 0 Å². The normalized spacial score (nSPS) is 15.6. The van der Waals surface area contributed by atoms with Crippen LogP contribution in [0.25, 0.3) is 0 Å². The van der Waals surface area contributed by atoms with E-state index in [1.807, 2.05) is 19.0 Å². The highest BCUT2D eigenvalue weighted by molar-refractivity contribution is 5.77. The molecule has 0 heterocycles. The van der Waals surface area contributed by atoms with Crippen LogP contribution in [0.2, 0.25) is 0 Å². The van der Waals surface area contributed by atoms with Crippen LogP contribution in [-0.2, 0) is 9.53 Å². The maximum atomic E-state index is 12.4.